The van der Waals surface area contributed by atoms with E-state index < -0.39 is 23.2 Å². The molecule has 0 saturated carbocycles. The Hall–Kier alpha value is -2.67. The molecular formula is C17H17NO5S. The molecule has 0 bridgehead atoms. The summed E-state index contributed by atoms with van der Waals surface area (Å²) in [4.78, 5) is 22.8. The molecule has 0 radical (unpaired) electrons. The highest BCUT2D eigenvalue weighted by molar-refractivity contribution is 7.98. The molecule has 0 aliphatic rings. The smallest absolute Gasteiger partial charge is 0.412 e. The lowest BCUT2D eigenvalue weighted by Crippen LogP contribution is -2.18. The average Bonchev–Trinajstić information content (AvgIpc) is 2.55. The number of carbonyl (C=O) groups excluding carboxylic acids is 1. The van der Waals surface area contributed by atoms with Gasteiger partial charge >= 0.3 is 12.1 Å². The summed E-state index contributed by atoms with van der Waals surface area (Å²) in [6.45, 7) is 1.74. The Morgan fingerprint density at radius 2 is 1.88 bits per heavy atom. The summed E-state index contributed by atoms with van der Waals surface area (Å²) in [6, 6.07) is 13.8. The first kappa shape index (κ1) is 17.7. The fourth-order valence-corrected chi connectivity index (χ4v) is 2.70. The maximum absolute atomic E-state index is 11.9. The van der Waals surface area contributed by atoms with E-state index in [0.717, 1.165) is 5.56 Å². The summed E-state index contributed by atoms with van der Waals surface area (Å²) in [5, 5.41) is 21.1. The quantitative estimate of drug-likeness (QED) is 0.541. The number of ether oxygens (including phenoxy) is 1. The summed E-state index contributed by atoms with van der Waals surface area (Å²) in [5.41, 5.74) is 0.402. The first-order valence-corrected chi connectivity index (χ1v) is 8.20. The number of aromatic carboxylic acids is 1. The van der Waals surface area contributed by atoms with E-state index in [4.69, 9.17) is 9.84 Å². The lowest BCUT2D eigenvalue weighted by atomic mass is 10.2. The molecule has 2 aromatic carbocycles. The van der Waals surface area contributed by atoms with Crippen LogP contribution in [0.3, 0.4) is 0 Å². The van der Waals surface area contributed by atoms with Gasteiger partial charge in [0.05, 0.1) is 5.69 Å². The van der Waals surface area contributed by atoms with Gasteiger partial charge in [-0.2, -0.15) is 0 Å². The highest BCUT2D eigenvalue weighted by Crippen LogP contribution is 2.28. The van der Waals surface area contributed by atoms with Gasteiger partial charge in [-0.1, -0.05) is 36.4 Å². The molecule has 0 aliphatic carbocycles. The predicted octanol–water partition coefficient (Wildman–Crippen LogP) is 3.92. The number of para-hydroxylation sites is 1. The van der Waals surface area contributed by atoms with Crippen molar-refractivity contribution in [3.8, 4) is 5.75 Å². The van der Waals surface area contributed by atoms with Gasteiger partial charge in [0.15, 0.2) is 5.75 Å². The molecule has 0 aromatic heterocycles. The van der Waals surface area contributed by atoms with Crippen LogP contribution in [0.15, 0.2) is 48.5 Å². The zero-order valence-electron chi connectivity index (χ0n) is 12.9. The molecule has 3 N–H and O–H groups in total. The minimum absolute atomic E-state index is 0.0137. The molecule has 1 unspecified atom stereocenters. The summed E-state index contributed by atoms with van der Waals surface area (Å²) in [6.07, 6.45) is -0.763. The van der Waals surface area contributed by atoms with Gasteiger partial charge in [-0.05, 0) is 24.6 Å². The Kier molecular flexibility index (Phi) is 6.08. The number of thioether (sulfide) groups is 1. The first-order chi connectivity index (χ1) is 11.5. The average molecular weight is 347 g/mol. The summed E-state index contributed by atoms with van der Waals surface area (Å²) >= 11 is 1.44. The second-order valence-corrected chi connectivity index (χ2v) is 6.19. The van der Waals surface area contributed by atoms with Crippen molar-refractivity contribution in [2.45, 2.75) is 18.1 Å². The molecule has 0 spiro atoms. The number of anilines is 1. The van der Waals surface area contributed by atoms with Crippen LogP contribution in [0.4, 0.5) is 10.5 Å². The zero-order valence-corrected chi connectivity index (χ0v) is 13.7. The highest BCUT2D eigenvalue weighted by Gasteiger charge is 2.16. The van der Waals surface area contributed by atoms with Crippen molar-refractivity contribution >= 4 is 29.5 Å². The number of aromatic hydroxyl groups is 1. The molecule has 126 valence electrons. The van der Waals surface area contributed by atoms with Gasteiger partial charge in [0.25, 0.3) is 0 Å². The third-order valence-corrected chi connectivity index (χ3v) is 4.17. The number of carboxylic acid groups (broad SMARTS) is 1. The van der Waals surface area contributed by atoms with Crippen molar-refractivity contribution in [3.63, 3.8) is 0 Å². The second-order valence-electron chi connectivity index (χ2n) is 4.90. The Morgan fingerprint density at radius 1 is 1.17 bits per heavy atom. The van der Waals surface area contributed by atoms with Gasteiger partial charge in [0, 0.05) is 5.75 Å². The van der Waals surface area contributed by atoms with Gasteiger partial charge in [-0.3, -0.25) is 5.32 Å². The monoisotopic (exact) mass is 347 g/mol. The first-order valence-electron chi connectivity index (χ1n) is 7.16. The van der Waals surface area contributed by atoms with Crippen molar-refractivity contribution in [3.05, 3.63) is 59.7 Å². The molecule has 6 nitrogen and oxygen atoms in total. The molecule has 1 atom stereocenters. The molecule has 0 fully saturated rings. The van der Waals surface area contributed by atoms with E-state index in [0.29, 0.717) is 5.75 Å². The van der Waals surface area contributed by atoms with Gasteiger partial charge < -0.3 is 14.9 Å². The van der Waals surface area contributed by atoms with E-state index in [1.54, 1.807) is 6.92 Å². The fraction of sp³-hybridized carbons (Fsp3) is 0.176. The minimum Gasteiger partial charge on any atom is -0.505 e. The molecular weight excluding hydrogens is 330 g/mol. The molecule has 0 saturated heterocycles. The molecule has 1 amide bonds. The number of rotatable bonds is 6. The second kappa shape index (κ2) is 8.26. The van der Waals surface area contributed by atoms with Crippen molar-refractivity contribution in [2.24, 2.45) is 0 Å². The maximum Gasteiger partial charge on any atom is 0.412 e. The number of carboxylic acids is 1. The van der Waals surface area contributed by atoms with E-state index in [1.807, 2.05) is 30.3 Å². The molecule has 0 heterocycles. The summed E-state index contributed by atoms with van der Waals surface area (Å²) < 4.78 is 5.19. The van der Waals surface area contributed by atoms with E-state index >= 15 is 0 Å². The number of nitrogens with one attached hydrogen (secondary N) is 1. The Morgan fingerprint density at radius 3 is 2.54 bits per heavy atom. The van der Waals surface area contributed by atoms with Crippen LogP contribution in [-0.2, 0) is 10.5 Å². The molecule has 2 aromatic rings. The highest BCUT2D eigenvalue weighted by atomic mass is 32.2. The van der Waals surface area contributed by atoms with Gasteiger partial charge in [-0.25, -0.2) is 9.59 Å². The lowest BCUT2D eigenvalue weighted by Gasteiger charge is -2.14. The number of carbonyl (C=O) groups is 2. The van der Waals surface area contributed by atoms with Crippen LogP contribution in [-0.4, -0.2) is 27.7 Å². The van der Waals surface area contributed by atoms with E-state index in [-0.39, 0.29) is 11.3 Å². The number of hydrogen-bond acceptors (Lipinski definition) is 5. The maximum atomic E-state index is 11.9. The van der Waals surface area contributed by atoms with Crippen LogP contribution in [0.5, 0.6) is 5.75 Å². The van der Waals surface area contributed by atoms with Crippen molar-refractivity contribution < 1.29 is 24.5 Å². The Bertz CT molecular complexity index is 720. The Labute approximate surface area is 143 Å². The fourth-order valence-electron chi connectivity index (χ4n) is 1.93. The van der Waals surface area contributed by atoms with Crippen molar-refractivity contribution in [1.29, 1.82) is 0 Å². The van der Waals surface area contributed by atoms with Crippen LogP contribution >= 0.6 is 11.8 Å². The predicted molar refractivity (Wildman–Crippen MR) is 92.4 cm³/mol. The van der Waals surface area contributed by atoms with Crippen LogP contribution < -0.4 is 5.32 Å². The number of hydrogen-bond donors (Lipinski definition) is 3. The summed E-state index contributed by atoms with van der Waals surface area (Å²) in [5.74, 6) is -1.10. The zero-order chi connectivity index (χ0) is 17.5. The normalized spacial score (nSPS) is 11.5. The largest absolute Gasteiger partial charge is 0.505 e. The minimum atomic E-state index is -1.28. The SMILES string of the molecule is CC(OC(=O)Nc1cccc(C(=O)O)c1O)SCc1ccccc1. The number of amides is 1. The lowest BCUT2D eigenvalue weighted by molar-refractivity contribution is 0.0693. The van der Waals surface area contributed by atoms with Gasteiger partial charge in [-0.15, -0.1) is 11.8 Å². The van der Waals surface area contributed by atoms with E-state index in [9.17, 15) is 14.7 Å². The van der Waals surface area contributed by atoms with Crippen molar-refractivity contribution in [2.75, 3.05) is 5.32 Å². The van der Waals surface area contributed by atoms with Crippen molar-refractivity contribution in [1.82, 2.24) is 0 Å². The van der Waals surface area contributed by atoms with E-state index in [1.165, 1.54) is 30.0 Å². The molecule has 0 aliphatic heterocycles. The third kappa shape index (κ3) is 4.92. The van der Waals surface area contributed by atoms with Crippen LogP contribution in [0, 0.1) is 0 Å². The van der Waals surface area contributed by atoms with Crippen LogP contribution in [0.2, 0.25) is 0 Å². The van der Waals surface area contributed by atoms with Gasteiger partial charge in [0.1, 0.15) is 11.0 Å². The standard InChI is InChI=1S/C17H17NO5S/c1-11(24-10-12-6-3-2-4-7-12)23-17(22)18-14-9-5-8-13(15(14)19)16(20)21/h2-9,11,19H,10H2,1H3,(H,18,22)(H,20,21). The summed E-state index contributed by atoms with van der Waals surface area (Å²) in [7, 11) is 0. The number of phenols is 1. The van der Waals surface area contributed by atoms with Crippen LogP contribution in [0.25, 0.3) is 0 Å². The molecule has 7 heteroatoms. The molecule has 2 rings (SSSR count). The topological polar surface area (TPSA) is 95.9 Å². The molecule has 24 heavy (non-hydrogen) atoms. The third-order valence-electron chi connectivity index (χ3n) is 3.10. The van der Waals surface area contributed by atoms with Crippen LogP contribution in [0.1, 0.15) is 22.8 Å². The van der Waals surface area contributed by atoms with Gasteiger partial charge in [0.2, 0.25) is 0 Å². The Balaban J connectivity index is 1.89. The van der Waals surface area contributed by atoms with E-state index in [2.05, 4.69) is 5.32 Å². The number of benzene rings is 2.